The van der Waals surface area contributed by atoms with E-state index in [2.05, 4.69) is 0 Å². The number of Topliss-reactive ketones (excluding diaryl/α,β-unsaturated/α-hetero) is 1. The molecule has 1 nitrogen and oxygen atoms in total. The first-order valence-corrected chi connectivity index (χ1v) is 5.25. The molecule has 0 heterocycles. The van der Waals surface area contributed by atoms with E-state index in [0.29, 0.717) is 16.5 Å². The first-order chi connectivity index (χ1) is 6.47. The Labute approximate surface area is 94.0 Å². The van der Waals surface area contributed by atoms with Gasteiger partial charge in [0.05, 0.1) is 0 Å². The third kappa shape index (κ3) is 2.49. The highest BCUT2D eigenvalue weighted by atomic mass is 35.5. The molecule has 0 amide bonds. The fourth-order valence-corrected chi connectivity index (χ4v) is 1.39. The maximum Gasteiger partial charge on any atom is 0.169 e. The Morgan fingerprint density at radius 1 is 1.43 bits per heavy atom. The average molecular weight is 231 g/mol. The van der Waals surface area contributed by atoms with Crippen molar-refractivity contribution in [3.05, 3.63) is 34.9 Å². The standard InChI is InChI=1S/C11H12Cl2O/c1-11(2,7-12)10(14)8-4-3-5-9(13)6-8/h3-6H,7H2,1-2H3. The Bertz CT molecular complexity index is 345. The minimum absolute atomic E-state index is 0.0231. The van der Waals surface area contributed by atoms with Crippen LogP contribution in [0.1, 0.15) is 24.2 Å². The number of hydrogen-bond donors (Lipinski definition) is 0. The number of ketones is 1. The van der Waals surface area contributed by atoms with Crippen LogP contribution in [-0.2, 0) is 0 Å². The van der Waals surface area contributed by atoms with Crippen LogP contribution in [0.3, 0.4) is 0 Å². The zero-order chi connectivity index (χ0) is 10.8. The molecule has 0 saturated heterocycles. The summed E-state index contributed by atoms with van der Waals surface area (Å²) in [6.45, 7) is 3.65. The molecule has 76 valence electrons. The second kappa shape index (κ2) is 4.33. The van der Waals surface area contributed by atoms with E-state index in [-0.39, 0.29) is 5.78 Å². The minimum Gasteiger partial charge on any atom is -0.294 e. The fraction of sp³-hybridized carbons (Fsp3) is 0.364. The summed E-state index contributed by atoms with van der Waals surface area (Å²) in [4.78, 5) is 11.9. The van der Waals surface area contributed by atoms with Crippen molar-refractivity contribution in [2.75, 3.05) is 5.88 Å². The number of hydrogen-bond acceptors (Lipinski definition) is 1. The molecule has 1 rings (SSSR count). The molecule has 0 N–H and O–H groups in total. The molecule has 1 aromatic rings. The summed E-state index contributed by atoms with van der Waals surface area (Å²) in [6.07, 6.45) is 0. The normalized spacial score (nSPS) is 11.4. The summed E-state index contributed by atoms with van der Waals surface area (Å²) >= 11 is 11.5. The quantitative estimate of drug-likeness (QED) is 0.571. The highest BCUT2D eigenvalue weighted by Gasteiger charge is 2.27. The lowest BCUT2D eigenvalue weighted by molar-refractivity contribution is 0.0862. The molecule has 0 aliphatic carbocycles. The highest BCUT2D eigenvalue weighted by molar-refractivity contribution is 6.31. The highest BCUT2D eigenvalue weighted by Crippen LogP contribution is 2.24. The lowest BCUT2D eigenvalue weighted by Crippen LogP contribution is -2.26. The van der Waals surface area contributed by atoms with Crippen LogP contribution < -0.4 is 0 Å². The third-order valence-corrected chi connectivity index (χ3v) is 2.94. The number of benzene rings is 1. The summed E-state index contributed by atoms with van der Waals surface area (Å²) < 4.78 is 0. The molecule has 0 bridgehead atoms. The van der Waals surface area contributed by atoms with Crippen LogP contribution in [0.15, 0.2) is 24.3 Å². The molecule has 3 heteroatoms. The molecule has 0 spiro atoms. The smallest absolute Gasteiger partial charge is 0.169 e. The van der Waals surface area contributed by atoms with Gasteiger partial charge in [-0.05, 0) is 12.1 Å². The predicted molar refractivity (Wildman–Crippen MR) is 60.3 cm³/mol. The number of alkyl halides is 1. The Balaban J connectivity index is 3.01. The van der Waals surface area contributed by atoms with Crippen LogP contribution in [0.2, 0.25) is 5.02 Å². The van der Waals surface area contributed by atoms with Crippen LogP contribution in [-0.4, -0.2) is 11.7 Å². The maximum atomic E-state index is 11.9. The summed E-state index contributed by atoms with van der Waals surface area (Å²) in [5.74, 6) is 0.327. The molecule has 1 aromatic carbocycles. The largest absolute Gasteiger partial charge is 0.294 e. The van der Waals surface area contributed by atoms with E-state index in [9.17, 15) is 4.79 Å². The van der Waals surface area contributed by atoms with Gasteiger partial charge in [-0.25, -0.2) is 0 Å². The number of carbonyl (C=O) groups excluding carboxylic acids is 1. The molecule has 0 radical (unpaired) electrons. The second-order valence-corrected chi connectivity index (χ2v) is 4.56. The van der Waals surface area contributed by atoms with Crippen molar-refractivity contribution in [1.29, 1.82) is 0 Å². The average Bonchev–Trinajstić information content (AvgIpc) is 2.16. The SMILES string of the molecule is CC(C)(CCl)C(=O)c1cccc(Cl)c1. The van der Waals surface area contributed by atoms with E-state index in [1.165, 1.54) is 0 Å². The van der Waals surface area contributed by atoms with Gasteiger partial charge in [0, 0.05) is 21.9 Å². The summed E-state index contributed by atoms with van der Waals surface area (Å²) in [6, 6.07) is 6.92. The van der Waals surface area contributed by atoms with E-state index in [4.69, 9.17) is 23.2 Å². The van der Waals surface area contributed by atoms with Gasteiger partial charge in [0.2, 0.25) is 0 Å². The molecule has 0 aromatic heterocycles. The van der Waals surface area contributed by atoms with E-state index in [1.54, 1.807) is 24.3 Å². The van der Waals surface area contributed by atoms with Gasteiger partial charge in [0.1, 0.15) is 0 Å². The fourth-order valence-electron chi connectivity index (χ4n) is 1.08. The zero-order valence-corrected chi connectivity index (χ0v) is 9.69. The Hall–Kier alpha value is -0.530. The Kier molecular flexibility index (Phi) is 3.57. The van der Waals surface area contributed by atoms with Gasteiger partial charge in [-0.2, -0.15) is 0 Å². The second-order valence-electron chi connectivity index (χ2n) is 3.86. The van der Waals surface area contributed by atoms with Gasteiger partial charge in [0.25, 0.3) is 0 Å². The molecule has 14 heavy (non-hydrogen) atoms. The summed E-state index contributed by atoms with van der Waals surface area (Å²) in [5, 5.41) is 0.571. The van der Waals surface area contributed by atoms with E-state index >= 15 is 0 Å². The van der Waals surface area contributed by atoms with Crippen molar-refractivity contribution in [2.45, 2.75) is 13.8 Å². The molecule has 0 atom stereocenters. The lowest BCUT2D eigenvalue weighted by atomic mass is 9.86. The third-order valence-electron chi connectivity index (χ3n) is 2.04. The molecule has 0 aliphatic rings. The molecule has 0 saturated carbocycles. The molecule has 0 aliphatic heterocycles. The molecule has 0 fully saturated rings. The topological polar surface area (TPSA) is 17.1 Å². The Morgan fingerprint density at radius 2 is 2.07 bits per heavy atom. The van der Waals surface area contributed by atoms with E-state index < -0.39 is 5.41 Å². The van der Waals surface area contributed by atoms with Crippen LogP contribution in [0, 0.1) is 5.41 Å². The van der Waals surface area contributed by atoms with Crippen molar-refractivity contribution in [1.82, 2.24) is 0 Å². The molecular weight excluding hydrogens is 219 g/mol. The van der Waals surface area contributed by atoms with Crippen molar-refractivity contribution in [2.24, 2.45) is 5.41 Å². The molecular formula is C11H12Cl2O. The predicted octanol–water partition coefficient (Wildman–Crippen LogP) is 3.79. The summed E-state index contributed by atoms with van der Waals surface area (Å²) in [7, 11) is 0. The first kappa shape index (κ1) is 11.5. The van der Waals surface area contributed by atoms with Gasteiger partial charge in [0.15, 0.2) is 5.78 Å². The van der Waals surface area contributed by atoms with Crippen molar-refractivity contribution < 1.29 is 4.79 Å². The number of halogens is 2. The van der Waals surface area contributed by atoms with Crippen LogP contribution in [0.25, 0.3) is 0 Å². The van der Waals surface area contributed by atoms with Gasteiger partial charge >= 0.3 is 0 Å². The van der Waals surface area contributed by atoms with Crippen molar-refractivity contribution in [3.63, 3.8) is 0 Å². The van der Waals surface area contributed by atoms with Crippen LogP contribution >= 0.6 is 23.2 Å². The minimum atomic E-state index is -0.535. The monoisotopic (exact) mass is 230 g/mol. The maximum absolute atomic E-state index is 11.9. The van der Waals surface area contributed by atoms with E-state index in [0.717, 1.165) is 0 Å². The number of rotatable bonds is 3. The van der Waals surface area contributed by atoms with E-state index in [1.807, 2.05) is 13.8 Å². The van der Waals surface area contributed by atoms with Gasteiger partial charge < -0.3 is 0 Å². The van der Waals surface area contributed by atoms with Gasteiger partial charge in [-0.15, -0.1) is 11.6 Å². The van der Waals surface area contributed by atoms with Crippen LogP contribution in [0.5, 0.6) is 0 Å². The lowest BCUT2D eigenvalue weighted by Gasteiger charge is -2.19. The zero-order valence-electron chi connectivity index (χ0n) is 8.18. The Morgan fingerprint density at radius 3 is 2.57 bits per heavy atom. The van der Waals surface area contributed by atoms with Gasteiger partial charge in [-0.3, -0.25) is 4.79 Å². The van der Waals surface area contributed by atoms with Crippen LogP contribution in [0.4, 0.5) is 0 Å². The van der Waals surface area contributed by atoms with Gasteiger partial charge in [-0.1, -0.05) is 37.6 Å². The number of carbonyl (C=O) groups is 1. The van der Waals surface area contributed by atoms with Crippen molar-refractivity contribution in [3.8, 4) is 0 Å². The first-order valence-electron chi connectivity index (χ1n) is 4.34. The summed E-state index contributed by atoms with van der Waals surface area (Å²) in [5.41, 5.74) is 0.0785. The molecule has 0 unspecified atom stereocenters. The van der Waals surface area contributed by atoms with Crippen molar-refractivity contribution >= 4 is 29.0 Å².